The lowest BCUT2D eigenvalue weighted by molar-refractivity contribution is 0.0731. The molecular weight excluding hydrogens is 649 g/mol. The number of esters is 1. The van der Waals surface area contributed by atoms with Crippen molar-refractivity contribution in [2.75, 3.05) is 0 Å². The van der Waals surface area contributed by atoms with Crippen LogP contribution < -0.4 is 4.74 Å². The summed E-state index contributed by atoms with van der Waals surface area (Å²) >= 11 is 5.40. The minimum absolute atomic E-state index is 0.0740. The number of benzene rings is 2. The largest absolute Gasteiger partial charge is 0.744 e. The molecule has 9 heteroatoms. The smallest absolute Gasteiger partial charge is 0.343 e. The van der Waals surface area contributed by atoms with Crippen LogP contribution in [0.1, 0.15) is 10.4 Å². The van der Waals surface area contributed by atoms with Crippen LogP contribution in [-0.2, 0) is 10.1 Å². The van der Waals surface area contributed by atoms with Crippen molar-refractivity contribution < 1.29 is 22.5 Å². The number of carbonyl (C=O) groups excluding carboxylic acids is 1. The van der Waals surface area contributed by atoms with E-state index in [1.807, 2.05) is 22.6 Å². The zero-order valence-electron chi connectivity index (χ0n) is 10.5. The molecule has 5 nitrogen and oxygen atoms in total. The number of hydrogen-bond acceptors (Lipinski definition) is 5. The lowest BCUT2D eigenvalue weighted by Crippen LogP contribution is -2.13. The Hall–Kier alpha value is 0.01000. The normalized spacial score (nSPS) is 11.3. The van der Waals surface area contributed by atoms with Gasteiger partial charge in [-0.2, -0.15) is 0 Å². The molecule has 0 saturated heterocycles. The van der Waals surface area contributed by atoms with E-state index >= 15 is 0 Å². The summed E-state index contributed by atoms with van der Waals surface area (Å²) in [6, 6.07) is 9.79. The Morgan fingerprint density at radius 1 is 1.05 bits per heavy atom. The van der Waals surface area contributed by atoms with E-state index in [1.54, 1.807) is 75.5 Å². The molecule has 22 heavy (non-hydrogen) atoms. The first-order valence-corrected chi connectivity index (χ1v) is 10.3. The molecule has 0 radical (unpaired) electrons. The first-order valence-electron chi connectivity index (χ1n) is 5.62. The highest BCUT2D eigenvalue weighted by atomic mass is 127. The third-order valence-corrected chi connectivity index (χ3v) is 6.88. The molecule has 0 fully saturated rings. The second-order valence-electron chi connectivity index (χ2n) is 4.02. The topological polar surface area (TPSA) is 83.5 Å². The van der Waals surface area contributed by atoms with E-state index in [0.717, 1.165) is 0 Å². The minimum atomic E-state index is -4.66. The number of rotatable bonds is 3. The van der Waals surface area contributed by atoms with Crippen LogP contribution in [-0.4, -0.2) is 18.9 Å². The second-order valence-corrected chi connectivity index (χ2v) is 8.74. The average Bonchev–Trinajstić information content (AvgIpc) is 2.42. The Bertz CT molecular complexity index is 834. The fourth-order valence-corrected chi connectivity index (χ4v) is 7.42. The third-order valence-electron chi connectivity index (χ3n) is 2.54. The van der Waals surface area contributed by atoms with Crippen molar-refractivity contribution in [2.24, 2.45) is 0 Å². The van der Waals surface area contributed by atoms with Gasteiger partial charge in [0.25, 0.3) is 0 Å². The monoisotopic (exact) mass is 655 g/mol. The molecule has 0 aliphatic rings. The molecule has 0 bridgehead atoms. The molecule has 0 amide bonds. The summed E-state index contributed by atoms with van der Waals surface area (Å²) in [5.74, 6) is -0.545. The molecule has 0 spiro atoms. The summed E-state index contributed by atoms with van der Waals surface area (Å²) in [7, 11) is -4.66. The third kappa shape index (κ3) is 4.10. The van der Waals surface area contributed by atoms with Gasteiger partial charge in [0.1, 0.15) is 10.1 Å². The van der Waals surface area contributed by atoms with Gasteiger partial charge < -0.3 is 9.29 Å². The van der Waals surface area contributed by atoms with Crippen LogP contribution in [0.5, 0.6) is 5.75 Å². The number of halogens is 3. The Morgan fingerprint density at radius 2 is 1.64 bits per heavy atom. The van der Waals surface area contributed by atoms with Gasteiger partial charge in [-0.1, -0.05) is 18.2 Å². The molecule has 0 heterocycles. The molecule has 2 rings (SSSR count). The Morgan fingerprint density at radius 3 is 2.18 bits per heavy atom. The molecular formula is C13H6I3O5S-. The summed E-state index contributed by atoms with van der Waals surface area (Å²) in [5, 5.41) is 0. The lowest BCUT2D eigenvalue weighted by Gasteiger charge is -2.16. The van der Waals surface area contributed by atoms with Crippen molar-refractivity contribution in [3.63, 3.8) is 0 Å². The van der Waals surface area contributed by atoms with Crippen LogP contribution in [0, 0.1) is 10.7 Å². The molecule has 0 saturated carbocycles. The van der Waals surface area contributed by atoms with Crippen LogP contribution in [0.3, 0.4) is 0 Å². The van der Waals surface area contributed by atoms with Gasteiger partial charge in [-0.15, -0.1) is 0 Å². The van der Waals surface area contributed by atoms with Gasteiger partial charge in [0.05, 0.1) is 17.6 Å². The minimum Gasteiger partial charge on any atom is -0.744 e. The molecule has 2 aromatic carbocycles. The quantitative estimate of drug-likeness (QED) is 0.219. The molecule has 116 valence electrons. The van der Waals surface area contributed by atoms with E-state index in [4.69, 9.17) is 4.74 Å². The fourth-order valence-electron chi connectivity index (χ4n) is 1.60. The van der Waals surface area contributed by atoms with Crippen molar-refractivity contribution in [2.45, 2.75) is 4.90 Å². The standard InChI is InChI=1S/C13H7I3O5S/c14-8-6-9(15)12(22(18,19)20)10(16)11(8)21-13(17)7-4-2-1-3-5-7/h1-6H,(H,18,19,20)/p-1. The van der Waals surface area contributed by atoms with Gasteiger partial charge in [-0.05, 0) is 86.0 Å². The van der Waals surface area contributed by atoms with E-state index in [9.17, 15) is 17.8 Å². The van der Waals surface area contributed by atoms with Crippen molar-refractivity contribution >= 4 is 83.9 Å². The highest BCUT2D eigenvalue weighted by Gasteiger charge is 2.22. The molecule has 0 aliphatic carbocycles. The second kappa shape index (κ2) is 7.27. The summed E-state index contributed by atoms with van der Waals surface area (Å²) in [4.78, 5) is 11.7. The highest BCUT2D eigenvalue weighted by Crippen LogP contribution is 2.36. The summed E-state index contributed by atoms with van der Waals surface area (Å²) in [5.41, 5.74) is 0.333. The van der Waals surface area contributed by atoms with E-state index in [-0.39, 0.29) is 14.2 Å². The summed E-state index contributed by atoms with van der Waals surface area (Å²) < 4.78 is 40.4. The Kier molecular flexibility index (Phi) is 6.07. The molecule has 0 unspecified atom stereocenters. The highest BCUT2D eigenvalue weighted by molar-refractivity contribution is 14.1. The van der Waals surface area contributed by atoms with E-state index in [0.29, 0.717) is 12.7 Å². The zero-order chi connectivity index (χ0) is 16.5. The molecule has 0 atom stereocenters. The van der Waals surface area contributed by atoms with Gasteiger partial charge in [-0.3, -0.25) is 0 Å². The first-order chi connectivity index (χ1) is 10.2. The van der Waals surface area contributed by atoms with E-state index < -0.39 is 16.1 Å². The van der Waals surface area contributed by atoms with Crippen molar-refractivity contribution in [3.8, 4) is 5.75 Å². The van der Waals surface area contributed by atoms with Crippen LogP contribution >= 0.6 is 67.8 Å². The molecule has 0 N–H and O–H groups in total. The first kappa shape index (κ1) is 18.4. The van der Waals surface area contributed by atoms with Crippen LogP contribution in [0.25, 0.3) is 0 Å². The maximum Gasteiger partial charge on any atom is 0.343 e. The van der Waals surface area contributed by atoms with Crippen molar-refractivity contribution in [1.29, 1.82) is 0 Å². The van der Waals surface area contributed by atoms with Gasteiger partial charge >= 0.3 is 5.97 Å². The van der Waals surface area contributed by atoms with Crippen LogP contribution in [0.2, 0.25) is 0 Å². The van der Waals surface area contributed by atoms with Crippen LogP contribution in [0.4, 0.5) is 0 Å². The van der Waals surface area contributed by atoms with E-state index in [1.165, 1.54) is 6.07 Å². The predicted octanol–water partition coefficient (Wildman–Crippen LogP) is 3.62. The van der Waals surface area contributed by atoms with Gasteiger partial charge in [-0.25, -0.2) is 13.2 Å². The van der Waals surface area contributed by atoms with Gasteiger partial charge in [0, 0.05) is 3.57 Å². The lowest BCUT2D eigenvalue weighted by atomic mass is 10.2. The summed E-state index contributed by atoms with van der Waals surface area (Å²) in [6.07, 6.45) is 0. The van der Waals surface area contributed by atoms with Crippen LogP contribution in [0.15, 0.2) is 41.3 Å². The number of ether oxygens (including phenoxy) is 1. The number of carbonyl (C=O) groups is 1. The SMILES string of the molecule is O=C(Oc1c(I)cc(I)c(S(=O)(=O)[O-])c1I)c1ccccc1. The maximum atomic E-state index is 12.1. The molecule has 0 aromatic heterocycles. The maximum absolute atomic E-state index is 12.1. The molecule has 2 aromatic rings. The van der Waals surface area contributed by atoms with Gasteiger partial charge in [0.15, 0.2) is 5.75 Å². The molecule has 0 aliphatic heterocycles. The fraction of sp³-hybridized carbons (Fsp3) is 0. The predicted molar refractivity (Wildman–Crippen MR) is 104 cm³/mol. The van der Waals surface area contributed by atoms with Crippen molar-refractivity contribution in [3.05, 3.63) is 52.7 Å². The summed E-state index contributed by atoms with van der Waals surface area (Å²) in [6.45, 7) is 0. The number of hydrogen-bond donors (Lipinski definition) is 0. The zero-order valence-corrected chi connectivity index (χ0v) is 17.8. The van der Waals surface area contributed by atoms with Crippen molar-refractivity contribution in [1.82, 2.24) is 0 Å². The Labute approximate surface area is 168 Å². The van der Waals surface area contributed by atoms with E-state index in [2.05, 4.69) is 0 Å². The average molecular weight is 655 g/mol. The van der Waals surface area contributed by atoms with Gasteiger partial charge in [0.2, 0.25) is 0 Å². The Balaban J connectivity index is 2.51.